The van der Waals surface area contributed by atoms with E-state index in [-0.39, 0.29) is 0 Å². The van der Waals surface area contributed by atoms with Crippen LogP contribution in [0.1, 0.15) is 6.92 Å². The molecule has 0 aliphatic heterocycles. The molecule has 2 nitrogen and oxygen atoms in total. The molecular formula is C9H7BrFNO. The van der Waals surface area contributed by atoms with Gasteiger partial charge >= 0.3 is 0 Å². The fourth-order valence-electron chi connectivity index (χ4n) is 0.827. The lowest BCUT2D eigenvalue weighted by molar-refractivity contribution is 0.275. The predicted octanol–water partition coefficient (Wildman–Crippen LogP) is 2.88. The maximum absolute atomic E-state index is 12.8. The summed E-state index contributed by atoms with van der Waals surface area (Å²) in [5.41, 5.74) is 0. The van der Waals surface area contributed by atoms with Crippen molar-refractivity contribution >= 4 is 15.9 Å². The highest BCUT2D eigenvalue weighted by Gasteiger charge is 2.03. The molecule has 0 saturated carbocycles. The molecule has 0 spiro atoms. The van der Waals surface area contributed by atoms with Gasteiger partial charge < -0.3 is 4.74 Å². The standard InChI is InChI=1S/C9H7BrFNO/c1-6(5-12)13-9-3-7(10)2-8(11)4-9/h2-4,6H,1H3. The number of hydrogen-bond donors (Lipinski definition) is 0. The number of ether oxygens (including phenoxy) is 1. The molecule has 0 heterocycles. The van der Waals surface area contributed by atoms with E-state index in [1.807, 2.05) is 6.07 Å². The smallest absolute Gasteiger partial charge is 0.181 e. The molecule has 0 aliphatic rings. The van der Waals surface area contributed by atoms with Crippen molar-refractivity contribution < 1.29 is 9.13 Å². The SMILES string of the molecule is CC(C#N)Oc1cc(F)cc(Br)c1. The highest BCUT2D eigenvalue weighted by atomic mass is 79.9. The average molecular weight is 244 g/mol. The maximum atomic E-state index is 12.8. The molecule has 4 heteroatoms. The van der Waals surface area contributed by atoms with Crippen LogP contribution in [0.3, 0.4) is 0 Å². The molecule has 1 aromatic rings. The average Bonchev–Trinajstić information content (AvgIpc) is 2.02. The van der Waals surface area contributed by atoms with Crippen molar-refractivity contribution in [1.29, 1.82) is 5.26 Å². The van der Waals surface area contributed by atoms with E-state index in [1.165, 1.54) is 12.1 Å². The van der Waals surface area contributed by atoms with Crippen LogP contribution in [0, 0.1) is 17.1 Å². The Bertz CT molecular complexity index is 328. The monoisotopic (exact) mass is 243 g/mol. The summed E-state index contributed by atoms with van der Waals surface area (Å²) in [6, 6.07) is 6.06. The van der Waals surface area contributed by atoms with Gasteiger partial charge in [0.1, 0.15) is 17.6 Å². The van der Waals surface area contributed by atoms with Crippen molar-refractivity contribution in [3.05, 3.63) is 28.5 Å². The van der Waals surface area contributed by atoms with Gasteiger partial charge in [-0.3, -0.25) is 0 Å². The second kappa shape index (κ2) is 4.24. The van der Waals surface area contributed by atoms with Crippen molar-refractivity contribution in [1.82, 2.24) is 0 Å². The third-order valence-corrected chi connectivity index (χ3v) is 1.79. The number of benzene rings is 1. The van der Waals surface area contributed by atoms with E-state index in [1.54, 1.807) is 13.0 Å². The van der Waals surface area contributed by atoms with E-state index in [4.69, 9.17) is 10.00 Å². The minimum absolute atomic E-state index is 0.348. The van der Waals surface area contributed by atoms with Crippen molar-refractivity contribution in [2.75, 3.05) is 0 Å². The van der Waals surface area contributed by atoms with Crippen LogP contribution in [0.2, 0.25) is 0 Å². The van der Waals surface area contributed by atoms with Gasteiger partial charge in [0.15, 0.2) is 6.10 Å². The molecule has 13 heavy (non-hydrogen) atoms. The molecule has 1 rings (SSSR count). The predicted molar refractivity (Wildman–Crippen MR) is 49.8 cm³/mol. The van der Waals surface area contributed by atoms with Crippen LogP contribution < -0.4 is 4.74 Å². The van der Waals surface area contributed by atoms with Gasteiger partial charge in [-0.25, -0.2) is 4.39 Å². The van der Waals surface area contributed by atoms with Gasteiger partial charge in [-0.05, 0) is 19.1 Å². The van der Waals surface area contributed by atoms with Crippen LogP contribution in [0.4, 0.5) is 4.39 Å². The van der Waals surface area contributed by atoms with Crippen LogP contribution >= 0.6 is 15.9 Å². The Kier molecular flexibility index (Phi) is 3.26. The van der Waals surface area contributed by atoms with E-state index < -0.39 is 11.9 Å². The number of nitriles is 1. The lowest BCUT2D eigenvalue weighted by atomic mass is 10.3. The Hall–Kier alpha value is -1.08. The molecule has 0 N–H and O–H groups in total. The molecule has 0 radical (unpaired) electrons. The topological polar surface area (TPSA) is 33.0 Å². The van der Waals surface area contributed by atoms with E-state index >= 15 is 0 Å². The zero-order valence-corrected chi connectivity index (χ0v) is 8.51. The molecular weight excluding hydrogens is 237 g/mol. The Balaban J connectivity index is 2.84. The maximum Gasteiger partial charge on any atom is 0.181 e. The quantitative estimate of drug-likeness (QED) is 0.801. The summed E-state index contributed by atoms with van der Waals surface area (Å²) >= 11 is 3.12. The molecule has 68 valence electrons. The minimum Gasteiger partial charge on any atom is -0.476 e. The highest BCUT2D eigenvalue weighted by molar-refractivity contribution is 9.10. The highest BCUT2D eigenvalue weighted by Crippen LogP contribution is 2.21. The third-order valence-electron chi connectivity index (χ3n) is 1.33. The fraction of sp³-hybridized carbons (Fsp3) is 0.222. The summed E-state index contributed by atoms with van der Waals surface area (Å²) in [5, 5.41) is 8.45. The summed E-state index contributed by atoms with van der Waals surface area (Å²) in [4.78, 5) is 0. The van der Waals surface area contributed by atoms with Crippen LogP contribution in [0.25, 0.3) is 0 Å². The molecule has 0 fully saturated rings. The van der Waals surface area contributed by atoms with Crippen LogP contribution in [-0.4, -0.2) is 6.10 Å². The van der Waals surface area contributed by atoms with E-state index in [2.05, 4.69) is 15.9 Å². The molecule has 0 saturated heterocycles. The third kappa shape index (κ3) is 3.03. The number of rotatable bonds is 2. The second-order valence-electron chi connectivity index (χ2n) is 2.49. The van der Waals surface area contributed by atoms with Crippen molar-refractivity contribution in [3.8, 4) is 11.8 Å². The van der Waals surface area contributed by atoms with Crippen molar-refractivity contribution in [3.63, 3.8) is 0 Å². The van der Waals surface area contributed by atoms with Gasteiger partial charge in [-0.15, -0.1) is 0 Å². The summed E-state index contributed by atoms with van der Waals surface area (Å²) in [5.74, 6) is -0.0459. The van der Waals surface area contributed by atoms with Crippen LogP contribution in [0.15, 0.2) is 22.7 Å². The zero-order valence-electron chi connectivity index (χ0n) is 6.92. The molecule has 0 aromatic heterocycles. The molecule has 1 unspecified atom stereocenters. The van der Waals surface area contributed by atoms with Crippen LogP contribution in [0.5, 0.6) is 5.75 Å². The number of nitrogens with zero attached hydrogens (tertiary/aromatic N) is 1. The van der Waals surface area contributed by atoms with Gasteiger partial charge in [-0.2, -0.15) is 5.26 Å². The van der Waals surface area contributed by atoms with Crippen LogP contribution in [-0.2, 0) is 0 Å². The van der Waals surface area contributed by atoms with Crippen molar-refractivity contribution in [2.45, 2.75) is 13.0 Å². The fourth-order valence-corrected chi connectivity index (χ4v) is 1.27. The summed E-state index contributed by atoms with van der Waals surface area (Å²) in [7, 11) is 0. The van der Waals surface area contributed by atoms with Gasteiger partial charge in [-0.1, -0.05) is 15.9 Å². The summed E-state index contributed by atoms with van der Waals surface area (Å²) < 4.78 is 18.5. The Morgan fingerprint density at radius 1 is 1.54 bits per heavy atom. The number of hydrogen-bond acceptors (Lipinski definition) is 2. The van der Waals surface area contributed by atoms with Gasteiger partial charge in [0.05, 0.1) is 0 Å². The van der Waals surface area contributed by atoms with Gasteiger partial charge in [0, 0.05) is 10.5 Å². The normalized spacial score (nSPS) is 11.8. The molecule has 0 amide bonds. The molecule has 1 atom stereocenters. The largest absolute Gasteiger partial charge is 0.476 e. The van der Waals surface area contributed by atoms with Crippen molar-refractivity contribution in [2.24, 2.45) is 0 Å². The van der Waals surface area contributed by atoms with Gasteiger partial charge in [0.2, 0.25) is 0 Å². The van der Waals surface area contributed by atoms with E-state index in [0.29, 0.717) is 10.2 Å². The van der Waals surface area contributed by atoms with E-state index in [0.717, 1.165) is 0 Å². The van der Waals surface area contributed by atoms with E-state index in [9.17, 15) is 4.39 Å². The first kappa shape index (κ1) is 10.0. The molecule has 0 aliphatic carbocycles. The number of halogens is 2. The van der Waals surface area contributed by atoms with Gasteiger partial charge in [0.25, 0.3) is 0 Å². The lowest BCUT2D eigenvalue weighted by Gasteiger charge is -2.07. The summed E-state index contributed by atoms with van der Waals surface area (Å²) in [6.07, 6.45) is -0.575. The Labute approximate surface area is 84.1 Å². The first-order valence-electron chi connectivity index (χ1n) is 3.64. The molecule has 1 aromatic carbocycles. The first-order valence-corrected chi connectivity index (χ1v) is 4.43. The lowest BCUT2D eigenvalue weighted by Crippen LogP contribution is -2.08. The molecule has 0 bridgehead atoms. The summed E-state index contributed by atoms with van der Waals surface area (Å²) in [6.45, 7) is 1.60. The minimum atomic E-state index is -0.575. The second-order valence-corrected chi connectivity index (χ2v) is 3.41. The Morgan fingerprint density at radius 2 is 2.23 bits per heavy atom. The Morgan fingerprint density at radius 3 is 2.77 bits per heavy atom. The zero-order chi connectivity index (χ0) is 9.84. The first-order chi connectivity index (χ1) is 6.11.